The molecule has 0 radical (unpaired) electrons. The van der Waals surface area contributed by atoms with E-state index < -0.39 is 23.2 Å². The molecule has 0 heterocycles. The van der Waals surface area contributed by atoms with Crippen molar-refractivity contribution in [3.05, 3.63) is 34.3 Å². The highest BCUT2D eigenvalue weighted by Crippen LogP contribution is 2.34. The molecule has 0 aromatic heterocycles. The first-order valence-corrected chi connectivity index (χ1v) is 7.08. The lowest BCUT2D eigenvalue weighted by molar-refractivity contribution is -0.137. The van der Waals surface area contributed by atoms with Crippen LogP contribution in [0.25, 0.3) is 0 Å². The fourth-order valence-electron chi connectivity index (χ4n) is 2.48. The van der Waals surface area contributed by atoms with Crippen molar-refractivity contribution in [3.8, 4) is 0 Å². The van der Waals surface area contributed by atoms with E-state index in [1.54, 1.807) is 0 Å². The fourth-order valence-corrected chi connectivity index (χ4v) is 2.65. The molecular formula is C14H16ClF3N2O. The molecule has 0 saturated heterocycles. The van der Waals surface area contributed by atoms with E-state index in [0.29, 0.717) is 12.8 Å². The Balaban J connectivity index is 2.16. The standard InChI is InChI=1S/C14H16ClF3N2O/c15-8-1-6-11(12(7-8)14(16,17)18)13(21)20-10-4-2-9(19)3-5-10/h1,6-7,9-10H,2-5,19H2,(H,20,21). The lowest BCUT2D eigenvalue weighted by Crippen LogP contribution is -2.41. The summed E-state index contributed by atoms with van der Waals surface area (Å²) in [6.45, 7) is 0. The molecule has 3 nitrogen and oxygen atoms in total. The van der Waals surface area contributed by atoms with Gasteiger partial charge in [0.25, 0.3) is 5.91 Å². The molecule has 1 amide bonds. The normalized spacial score (nSPS) is 22.9. The molecule has 116 valence electrons. The van der Waals surface area contributed by atoms with Gasteiger partial charge in [0.2, 0.25) is 0 Å². The third-order valence-electron chi connectivity index (χ3n) is 3.64. The summed E-state index contributed by atoms with van der Waals surface area (Å²) < 4.78 is 38.9. The zero-order valence-corrected chi connectivity index (χ0v) is 12.0. The number of nitrogens with one attached hydrogen (secondary N) is 1. The summed E-state index contributed by atoms with van der Waals surface area (Å²) in [4.78, 5) is 12.1. The summed E-state index contributed by atoms with van der Waals surface area (Å²) in [5, 5.41) is 2.60. The summed E-state index contributed by atoms with van der Waals surface area (Å²) in [5.41, 5.74) is 4.35. The molecule has 1 aliphatic rings. The minimum atomic E-state index is -4.62. The Morgan fingerprint density at radius 2 is 1.86 bits per heavy atom. The predicted octanol–water partition coefficient (Wildman–Crippen LogP) is 3.36. The zero-order valence-electron chi connectivity index (χ0n) is 11.2. The van der Waals surface area contributed by atoms with Gasteiger partial charge in [0.1, 0.15) is 0 Å². The molecule has 1 aromatic rings. The molecule has 1 fully saturated rings. The van der Waals surface area contributed by atoms with Crippen LogP contribution in [0.5, 0.6) is 0 Å². The molecule has 1 aromatic carbocycles. The van der Waals surface area contributed by atoms with Crippen molar-refractivity contribution in [1.29, 1.82) is 0 Å². The van der Waals surface area contributed by atoms with Gasteiger partial charge in [-0.1, -0.05) is 11.6 Å². The summed E-state index contributed by atoms with van der Waals surface area (Å²) in [5.74, 6) is -0.723. The predicted molar refractivity (Wildman–Crippen MR) is 74.2 cm³/mol. The van der Waals surface area contributed by atoms with Gasteiger partial charge in [-0.25, -0.2) is 0 Å². The Morgan fingerprint density at radius 3 is 2.43 bits per heavy atom. The number of carbonyl (C=O) groups excluding carboxylic acids is 1. The molecular weight excluding hydrogens is 305 g/mol. The van der Waals surface area contributed by atoms with Gasteiger partial charge in [-0.3, -0.25) is 4.79 Å². The smallest absolute Gasteiger partial charge is 0.349 e. The maximum atomic E-state index is 13.0. The summed E-state index contributed by atoms with van der Waals surface area (Å²) >= 11 is 5.59. The second-order valence-corrected chi connectivity index (χ2v) is 5.71. The van der Waals surface area contributed by atoms with Gasteiger partial charge >= 0.3 is 6.18 Å². The van der Waals surface area contributed by atoms with Crippen molar-refractivity contribution < 1.29 is 18.0 Å². The second-order valence-electron chi connectivity index (χ2n) is 5.27. The number of hydrogen-bond acceptors (Lipinski definition) is 2. The second kappa shape index (κ2) is 6.23. The van der Waals surface area contributed by atoms with Crippen molar-refractivity contribution in [2.24, 2.45) is 5.73 Å². The van der Waals surface area contributed by atoms with E-state index in [4.69, 9.17) is 17.3 Å². The molecule has 7 heteroatoms. The van der Waals surface area contributed by atoms with Gasteiger partial charge in [0.15, 0.2) is 0 Å². The van der Waals surface area contributed by atoms with Gasteiger partial charge in [-0.15, -0.1) is 0 Å². The molecule has 3 N–H and O–H groups in total. The number of carbonyl (C=O) groups is 1. The van der Waals surface area contributed by atoms with Crippen LogP contribution >= 0.6 is 11.6 Å². The number of hydrogen-bond donors (Lipinski definition) is 2. The number of amides is 1. The largest absolute Gasteiger partial charge is 0.417 e. The van der Waals surface area contributed by atoms with Crippen LogP contribution in [0, 0.1) is 0 Å². The third kappa shape index (κ3) is 4.11. The van der Waals surface area contributed by atoms with E-state index in [1.807, 2.05) is 0 Å². The molecule has 1 aliphatic carbocycles. The number of nitrogens with two attached hydrogens (primary N) is 1. The Kier molecular flexibility index (Phi) is 4.78. The molecule has 2 rings (SSSR count). The average Bonchev–Trinajstić information content (AvgIpc) is 2.40. The fraction of sp³-hybridized carbons (Fsp3) is 0.500. The zero-order chi connectivity index (χ0) is 15.6. The minimum absolute atomic E-state index is 0.0532. The van der Waals surface area contributed by atoms with E-state index in [1.165, 1.54) is 6.07 Å². The molecule has 0 bridgehead atoms. The van der Waals surface area contributed by atoms with Crippen molar-refractivity contribution in [2.45, 2.75) is 43.9 Å². The first-order valence-electron chi connectivity index (χ1n) is 6.70. The lowest BCUT2D eigenvalue weighted by atomic mass is 9.91. The first kappa shape index (κ1) is 16.1. The number of benzene rings is 1. The number of rotatable bonds is 2. The molecule has 0 aliphatic heterocycles. The van der Waals surface area contributed by atoms with E-state index >= 15 is 0 Å². The van der Waals surface area contributed by atoms with Crippen molar-refractivity contribution in [3.63, 3.8) is 0 Å². The maximum absolute atomic E-state index is 13.0. The Bertz CT molecular complexity index is 525. The van der Waals surface area contributed by atoms with Crippen molar-refractivity contribution in [2.75, 3.05) is 0 Å². The Morgan fingerprint density at radius 1 is 1.24 bits per heavy atom. The van der Waals surface area contributed by atoms with Crippen molar-refractivity contribution >= 4 is 17.5 Å². The molecule has 0 unspecified atom stereocenters. The van der Waals surface area contributed by atoms with Gasteiger partial charge in [0, 0.05) is 17.1 Å². The van der Waals surface area contributed by atoms with Gasteiger partial charge in [0.05, 0.1) is 11.1 Å². The Hall–Kier alpha value is -1.27. The van der Waals surface area contributed by atoms with Crippen LogP contribution in [0.4, 0.5) is 13.2 Å². The van der Waals surface area contributed by atoms with Crippen LogP contribution in [0.15, 0.2) is 18.2 Å². The van der Waals surface area contributed by atoms with E-state index in [-0.39, 0.29) is 17.1 Å². The molecule has 0 atom stereocenters. The lowest BCUT2D eigenvalue weighted by Gasteiger charge is -2.27. The highest BCUT2D eigenvalue weighted by Gasteiger charge is 2.36. The third-order valence-corrected chi connectivity index (χ3v) is 3.87. The summed E-state index contributed by atoms with van der Waals surface area (Å²) in [6.07, 6.45) is -1.73. The maximum Gasteiger partial charge on any atom is 0.417 e. The quantitative estimate of drug-likeness (QED) is 0.878. The van der Waals surface area contributed by atoms with Crippen LogP contribution in [-0.2, 0) is 6.18 Å². The first-order chi connectivity index (χ1) is 9.77. The molecule has 21 heavy (non-hydrogen) atoms. The van der Waals surface area contributed by atoms with Crippen LogP contribution in [0.2, 0.25) is 5.02 Å². The number of alkyl halides is 3. The minimum Gasteiger partial charge on any atom is -0.349 e. The number of halogens is 4. The van der Waals surface area contributed by atoms with Crippen LogP contribution < -0.4 is 11.1 Å². The van der Waals surface area contributed by atoms with Crippen LogP contribution in [-0.4, -0.2) is 18.0 Å². The average molecular weight is 321 g/mol. The van der Waals surface area contributed by atoms with Crippen molar-refractivity contribution in [1.82, 2.24) is 5.32 Å². The van der Waals surface area contributed by atoms with Crippen LogP contribution in [0.1, 0.15) is 41.6 Å². The highest BCUT2D eigenvalue weighted by atomic mass is 35.5. The topological polar surface area (TPSA) is 55.1 Å². The van der Waals surface area contributed by atoms with Crippen LogP contribution in [0.3, 0.4) is 0 Å². The highest BCUT2D eigenvalue weighted by molar-refractivity contribution is 6.30. The summed E-state index contributed by atoms with van der Waals surface area (Å²) in [7, 11) is 0. The molecule has 1 saturated carbocycles. The van der Waals surface area contributed by atoms with Gasteiger partial charge < -0.3 is 11.1 Å². The summed E-state index contributed by atoms with van der Waals surface area (Å²) in [6, 6.07) is 3.14. The monoisotopic (exact) mass is 320 g/mol. The Labute approximate surface area is 125 Å². The molecule has 0 spiro atoms. The SMILES string of the molecule is NC1CCC(NC(=O)c2ccc(Cl)cc2C(F)(F)F)CC1. The van der Waals surface area contributed by atoms with Gasteiger partial charge in [-0.05, 0) is 43.9 Å². The van der Waals surface area contributed by atoms with Gasteiger partial charge in [-0.2, -0.15) is 13.2 Å². The van der Waals surface area contributed by atoms with E-state index in [0.717, 1.165) is 25.0 Å². The van der Waals surface area contributed by atoms with E-state index in [9.17, 15) is 18.0 Å². The van der Waals surface area contributed by atoms with E-state index in [2.05, 4.69) is 5.32 Å².